The summed E-state index contributed by atoms with van der Waals surface area (Å²) in [4.78, 5) is 30.7. The van der Waals surface area contributed by atoms with E-state index in [2.05, 4.69) is 15.4 Å². The van der Waals surface area contributed by atoms with Gasteiger partial charge in [0.05, 0.1) is 12.4 Å². The monoisotopic (exact) mass is 377 g/mol. The van der Waals surface area contributed by atoms with Gasteiger partial charge in [0.15, 0.2) is 0 Å². The van der Waals surface area contributed by atoms with Gasteiger partial charge in [-0.3, -0.25) is 9.78 Å². The summed E-state index contributed by atoms with van der Waals surface area (Å²) in [5.41, 5.74) is 2.59. The topological polar surface area (TPSA) is 89.4 Å². The van der Waals surface area contributed by atoms with E-state index in [-0.39, 0.29) is 12.5 Å². The maximum Gasteiger partial charge on any atom is 0.342 e. The summed E-state index contributed by atoms with van der Waals surface area (Å²) in [5, 5.41) is 6.81. The fourth-order valence-corrected chi connectivity index (χ4v) is 3.06. The Hall–Kier alpha value is -3.68. The Balaban J connectivity index is 1.45. The van der Waals surface area contributed by atoms with Crippen LogP contribution in [-0.4, -0.2) is 46.4 Å². The lowest BCUT2D eigenvalue weighted by molar-refractivity contribution is -0.120. The lowest BCUT2D eigenvalue weighted by atomic mass is 10.1. The number of nitrogens with one attached hydrogen (secondary N) is 1. The minimum absolute atomic E-state index is 0.0318. The summed E-state index contributed by atoms with van der Waals surface area (Å²) < 4.78 is 6.88. The Bertz CT molecular complexity index is 1000. The highest BCUT2D eigenvalue weighted by Crippen LogP contribution is 2.28. The van der Waals surface area contributed by atoms with Gasteiger partial charge in [-0.1, -0.05) is 30.3 Å². The zero-order valence-electron chi connectivity index (χ0n) is 15.3. The van der Waals surface area contributed by atoms with Crippen molar-refractivity contribution in [2.45, 2.75) is 12.5 Å². The van der Waals surface area contributed by atoms with Crippen LogP contribution in [0.15, 0.2) is 61.2 Å². The first-order valence-corrected chi connectivity index (χ1v) is 8.84. The van der Waals surface area contributed by atoms with Gasteiger partial charge in [0.25, 0.3) is 5.91 Å². The van der Waals surface area contributed by atoms with Crippen LogP contribution in [0.1, 0.15) is 11.1 Å². The molecule has 0 saturated heterocycles. The largest absolute Gasteiger partial charge is 0.489 e. The van der Waals surface area contributed by atoms with E-state index < -0.39 is 12.1 Å². The fraction of sp³-hybridized carbons (Fsp3) is 0.200. The fourth-order valence-electron chi connectivity index (χ4n) is 3.06. The zero-order valence-corrected chi connectivity index (χ0v) is 15.3. The minimum atomic E-state index is -0.827. The third-order valence-electron chi connectivity index (χ3n) is 4.55. The molecule has 2 aromatic heterocycles. The number of hydrogen-bond acceptors (Lipinski definition) is 5. The second-order valence-corrected chi connectivity index (χ2v) is 6.51. The quantitative estimate of drug-likeness (QED) is 0.752. The third-order valence-corrected chi connectivity index (χ3v) is 4.55. The van der Waals surface area contributed by atoms with Gasteiger partial charge >= 0.3 is 6.03 Å². The van der Waals surface area contributed by atoms with E-state index in [1.807, 2.05) is 30.3 Å². The molecule has 8 heteroatoms. The number of hydrogen-bond donors (Lipinski definition) is 1. The molecule has 3 aromatic rings. The Kier molecular flexibility index (Phi) is 4.76. The van der Waals surface area contributed by atoms with E-state index in [1.165, 1.54) is 9.58 Å². The van der Waals surface area contributed by atoms with Gasteiger partial charge in [-0.25, -0.2) is 4.79 Å². The van der Waals surface area contributed by atoms with Gasteiger partial charge < -0.3 is 15.0 Å². The van der Waals surface area contributed by atoms with Crippen molar-refractivity contribution in [2.75, 3.05) is 18.6 Å². The van der Waals surface area contributed by atoms with Crippen LogP contribution in [0.5, 0.6) is 5.75 Å². The number of anilines is 1. The Morgan fingerprint density at radius 2 is 2.04 bits per heavy atom. The zero-order chi connectivity index (χ0) is 19.5. The number of amides is 2. The van der Waals surface area contributed by atoms with Gasteiger partial charge in [-0.05, 0) is 11.1 Å². The number of pyridine rings is 1. The Morgan fingerprint density at radius 3 is 2.86 bits per heavy atom. The summed E-state index contributed by atoms with van der Waals surface area (Å²) in [5.74, 6) is 0.267. The summed E-state index contributed by atoms with van der Waals surface area (Å²) in [6, 6.07) is 10.3. The molecule has 0 radical (unpaired) electrons. The lowest BCUT2D eigenvalue weighted by Crippen LogP contribution is -2.50. The van der Waals surface area contributed by atoms with Crippen LogP contribution in [0, 0.1) is 0 Å². The van der Waals surface area contributed by atoms with Gasteiger partial charge in [0.1, 0.15) is 24.1 Å². The number of likely N-dealkylation sites (N-methyl/N-ethyl adjacent to an activating group) is 1. The Morgan fingerprint density at radius 1 is 1.21 bits per heavy atom. The normalized spacial score (nSPS) is 16.1. The van der Waals surface area contributed by atoms with E-state index >= 15 is 0 Å². The molecular weight excluding hydrogens is 358 g/mol. The van der Waals surface area contributed by atoms with Gasteiger partial charge in [0, 0.05) is 31.9 Å². The van der Waals surface area contributed by atoms with Crippen LogP contribution in [0.25, 0.3) is 0 Å². The smallest absolute Gasteiger partial charge is 0.342 e. The molecule has 1 aliphatic rings. The molecule has 1 aliphatic heterocycles. The molecule has 0 fully saturated rings. The van der Waals surface area contributed by atoms with Crippen molar-refractivity contribution in [3.05, 3.63) is 72.3 Å². The number of nitrogens with zero attached hydrogens (tertiary/aromatic N) is 4. The molecule has 28 heavy (non-hydrogen) atoms. The molecule has 0 bridgehead atoms. The van der Waals surface area contributed by atoms with Crippen LogP contribution in [0.2, 0.25) is 0 Å². The van der Waals surface area contributed by atoms with Crippen molar-refractivity contribution in [3.8, 4) is 5.75 Å². The second-order valence-electron chi connectivity index (χ2n) is 6.51. The molecule has 1 N–H and O–H groups in total. The van der Waals surface area contributed by atoms with E-state index in [1.54, 1.807) is 37.9 Å². The standard InChI is InChI=1S/C20H19N5O3/c1-24-17-11-21-8-7-18(17)28-13-16(19(24)26)23-20(27)25-12-15(10-22-25)9-14-5-3-2-4-6-14/h2-8,10-12,16H,9,13H2,1H3,(H,23,27)/t16-/m0/s1. The molecule has 1 aromatic carbocycles. The third kappa shape index (κ3) is 3.57. The molecule has 0 saturated carbocycles. The van der Waals surface area contributed by atoms with E-state index in [4.69, 9.17) is 4.74 Å². The number of rotatable bonds is 3. The molecular formula is C20H19N5O3. The highest BCUT2D eigenvalue weighted by molar-refractivity contribution is 6.00. The van der Waals surface area contributed by atoms with Crippen molar-refractivity contribution < 1.29 is 14.3 Å². The number of benzene rings is 1. The molecule has 2 amide bonds. The summed E-state index contributed by atoms with van der Waals surface area (Å²) in [6.45, 7) is 0.0318. The predicted octanol–water partition coefficient (Wildman–Crippen LogP) is 1.85. The van der Waals surface area contributed by atoms with Gasteiger partial charge in [-0.2, -0.15) is 9.78 Å². The van der Waals surface area contributed by atoms with Crippen molar-refractivity contribution in [2.24, 2.45) is 0 Å². The molecule has 0 spiro atoms. The van der Waals surface area contributed by atoms with Gasteiger partial charge in [-0.15, -0.1) is 0 Å². The number of carbonyl (C=O) groups is 2. The minimum Gasteiger partial charge on any atom is -0.489 e. The first-order valence-electron chi connectivity index (χ1n) is 8.84. The van der Waals surface area contributed by atoms with Crippen LogP contribution >= 0.6 is 0 Å². The average Bonchev–Trinajstić information content (AvgIpc) is 3.15. The molecule has 142 valence electrons. The maximum atomic E-state index is 12.7. The Labute approximate surface area is 161 Å². The second kappa shape index (κ2) is 7.51. The van der Waals surface area contributed by atoms with Crippen molar-refractivity contribution in [1.82, 2.24) is 20.1 Å². The first kappa shape index (κ1) is 17.7. The summed E-state index contributed by atoms with van der Waals surface area (Å²) in [7, 11) is 1.63. The first-order chi connectivity index (χ1) is 13.6. The molecule has 8 nitrogen and oxygen atoms in total. The molecule has 4 rings (SSSR count). The van der Waals surface area contributed by atoms with Crippen molar-refractivity contribution in [3.63, 3.8) is 0 Å². The van der Waals surface area contributed by atoms with Crippen LogP contribution < -0.4 is 15.0 Å². The number of ether oxygens (including phenoxy) is 1. The van der Waals surface area contributed by atoms with Crippen molar-refractivity contribution >= 4 is 17.6 Å². The van der Waals surface area contributed by atoms with E-state index in [0.29, 0.717) is 17.9 Å². The maximum absolute atomic E-state index is 12.7. The number of aromatic nitrogens is 3. The summed E-state index contributed by atoms with van der Waals surface area (Å²) >= 11 is 0. The van der Waals surface area contributed by atoms with E-state index in [9.17, 15) is 9.59 Å². The van der Waals surface area contributed by atoms with Crippen LogP contribution in [-0.2, 0) is 11.2 Å². The van der Waals surface area contributed by atoms with Crippen molar-refractivity contribution in [1.29, 1.82) is 0 Å². The van der Waals surface area contributed by atoms with Crippen LogP contribution in [0.3, 0.4) is 0 Å². The molecule has 3 heterocycles. The number of carbonyl (C=O) groups excluding carboxylic acids is 2. The lowest BCUT2D eigenvalue weighted by Gasteiger charge is -2.19. The number of fused-ring (bicyclic) bond motifs is 1. The highest BCUT2D eigenvalue weighted by Gasteiger charge is 2.31. The average molecular weight is 377 g/mol. The SMILES string of the molecule is CN1C(=O)[C@@H](NC(=O)n2cc(Cc3ccccc3)cn2)COc2ccncc21. The van der Waals surface area contributed by atoms with Gasteiger partial charge in [0.2, 0.25) is 0 Å². The molecule has 0 aliphatic carbocycles. The predicted molar refractivity (Wildman–Crippen MR) is 102 cm³/mol. The van der Waals surface area contributed by atoms with E-state index in [0.717, 1.165) is 11.1 Å². The highest BCUT2D eigenvalue weighted by atomic mass is 16.5. The summed E-state index contributed by atoms with van der Waals surface area (Å²) in [6.07, 6.45) is 7.12. The molecule has 0 unspecified atom stereocenters. The molecule has 1 atom stereocenters. The van der Waals surface area contributed by atoms with Crippen LogP contribution in [0.4, 0.5) is 10.5 Å².